The number of rotatable bonds is 6. The molecular weight excluding hydrogens is 252 g/mol. The van der Waals surface area contributed by atoms with Crippen LogP contribution in [-0.2, 0) is 0 Å². The topological polar surface area (TPSA) is 70.1 Å². The number of aliphatic hydroxyl groups is 1. The largest absolute Gasteiger partial charge is 0.393 e. The number of aromatic nitrogens is 2. The van der Waals surface area contributed by atoms with Crippen molar-refractivity contribution in [2.75, 3.05) is 17.2 Å². The van der Waals surface area contributed by atoms with E-state index in [1.165, 1.54) is 0 Å². The number of hydrogen-bond donors (Lipinski definition) is 3. The number of hydrogen-bond acceptors (Lipinski definition) is 5. The highest BCUT2D eigenvalue weighted by Gasteiger charge is 2.28. The van der Waals surface area contributed by atoms with E-state index in [-0.39, 0.29) is 6.10 Å². The van der Waals surface area contributed by atoms with Gasteiger partial charge in [-0.3, -0.25) is 0 Å². The standard InChI is InChI=1S/C15H26N4O/c1-5-6-16-14-10(4)15(17-11-7-12(20)8-11)19-13(18-14)9(2)3/h9,11-12,20H,5-8H2,1-4H3,(H2,16,17,18,19). The van der Waals surface area contributed by atoms with Crippen LogP contribution in [0.15, 0.2) is 0 Å². The summed E-state index contributed by atoms with van der Waals surface area (Å²) in [5.41, 5.74) is 1.06. The summed E-state index contributed by atoms with van der Waals surface area (Å²) in [5.74, 6) is 2.98. The molecule has 1 aliphatic carbocycles. The Balaban J connectivity index is 2.21. The zero-order chi connectivity index (χ0) is 14.7. The fourth-order valence-corrected chi connectivity index (χ4v) is 2.25. The molecule has 3 N–H and O–H groups in total. The van der Waals surface area contributed by atoms with E-state index in [2.05, 4.69) is 41.4 Å². The molecule has 1 saturated carbocycles. The molecule has 1 aromatic rings. The Labute approximate surface area is 121 Å². The molecule has 2 rings (SSSR count). The van der Waals surface area contributed by atoms with E-state index >= 15 is 0 Å². The smallest absolute Gasteiger partial charge is 0.135 e. The van der Waals surface area contributed by atoms with E-state index < -0.39 is 0 Å². The number of nitrogens with one attached hydrogen (secondary N) is 2. The van der Waals surface area contributed by atoms with Gasteiger partial charge in [0, 0.05) is 24.1 Å². The lowest BCUT2D eigenvalue weighted by molar-refractivity contribution is 0.0835. The Bertz CT molecular complexity index is 455. The van der Waals surface area contributed by atoms with Gasteiger partial charge in [-0.15, -0.1) is 0 Å². The summed E-state index contributed by atoms with van der Waals surface area (Å²) in [5, 5.41) is 16.2. The molecule has 0 spiro atoms. The third kappa shape index (κ3) is 3.39. The Kier molecular flexibility index (Phi) is 4.81. The van der Waals surface area contributed by atoms with E-state index in [0.717, 1.165) is 48.8 Å². The first kappa shape index (κ1) is 15.0. The first-order valence-corrected chi connectivity index (χ1v) is 7.58. The summed E-state index contributed by atoms with van der Waals surface area (Å²) in [4.78, 5) is 9.27. The van der Waals surface area contributed by atoms with E-state index in [1.807, 2.05) is 6.92 Å². The first-order chi connectivity index (χ1) is 9.51. The molecule has 0 bridgehead atoms. The van der Waals surface area contributed by atoms with Crippen LogP contribution in [0.5, 0.6) is 0 Å². The molecule has 1 aromatic heterocycles. The SMILES string of the molecule is CCCNc1nc(C(C)C)nc(NC2CC(O)C2)c1C. The van der Waals surface area contributed by atoms with Crippen molar-refractivity contribution in [2.24, 2.45) is 0 Å². The molecule has 0 atom stereocenters. The Morgan fingerprint density at radius 1 is 1.25 bits per heavy atom. The van der Waals surface area contributed by atoms with Crippen LogP contribution < -0.4 is 10.6 Å². The number of nitrogens with zero attached hydrogens (tertiary/aromatic N) is 2. The monoisotopic (exact) mass is 278 g/mol. The second-order valence-electron chi connectivity index (χ2n) is 5.95. The van der Waals surface area contributed by atoms with Crippen LogP contribution in [0, 0.1) is 6.92 Å². The highest BCUT2D eigenvalue weighted by molar-refractivity contribution is 5.58. The predicted octanol–water partition coefficient (Wildman–Crippen LogP) is 2.67. The van der Waals surface area contributed by atoms with Gasteiger partial charge in [-0.25, -0.2) is 9.97 Å². The van der Waals surface area contributed by atoms with Crippen LogP contribution in [0.2, 0.25) is 0 Å². The van der Waals surface area contributed by atoms with Crippen molar-refractivity contribution >= 4 is 11.6 Å². The molecule has 5 heteroatoms. The molecule has 5 nitrogen and oxygen atoms in total. The van der Waals surface area contributed by atoms with E-state index in [0.29, 0.717) is 12.0 Å². The molecule has 0 aliphatic heterocycles. The summed E-state index contributed by atoms with van der Waals surface area (Å²) in [6.45, 7) is 9.30. The molecule has 0 unspecified atom stereocenters. The fraction of sp³-hybridized carbons (Fsp3) is 0.733. The maximum absolute atomic E-state index is 9.39. The predicted molar refractivity (Wildman–Crippen MR) is 82.3 cm³/mol. The van der Waals surface area contributed by atoms with Crippen LogP contribution in [0.4, 0.5) is 11.6 Å². The van der Waals surface area contributed by atoms with Crippen LogP contribution in [-0.4, -0.2) is 33.8 Å². The molecule has 112 valence electrons. The van der Waals surface area contributed by atoms with Gasteiger partial charge in [0.2, 0.25) is 0 Å². The Morgan fingerprint density at radius 2 is 1.90 bits per heavy atom. The van der Waals surface area contributed by atoms with Gasteiger partial charge in [-0.05, 0) is 26.2 Å². The van der Waals surface area contributed by atoms with Crippen molar-refractivity contribution in [1.29, 1.82) is 0 Å². The van der Waals surface area contributed by atoms with Crippen LogP contribution in [0.3, 0.4) is 0 Å². The highest BCUT2D eigenvalue weighted by atomic mass is 16.3. The molecule has 1 fully saturated rings. The summed E-state index contributed by atoms with van der Waals surface area (Å²) >= 11 is 0. The molecular formula is C15H26N4O. The Hall–Kier alpha value is -1.36. The normalized spacial score (nSPS) is 21.7. The third-order valence-electron chi connectivity index (χ3n) is 3.68. The second kappa shape index (κ2) is 6.39. The molecule has 1 heterocycles. The van der Waals surface area contributed by atoms with Gasteiger partial charge in [-0.2, -0.15) is 0 Å². The molecule has 0 aromatic carbocycles. The quantitative estimate of drug-likeness (QED) is 0.746. The Morgan fingerprint density at radius 3 is 2.45 bits per heavy atom. The maximum atomic E-state index is 9.39. The van der Waals surface area contributed by atoms with Gasteiger partial charge < -0.3 is 15.7 Å². The zero-order valence-electron chi connectivity index (χ0n) is 12.9. The lowest BCUT2D eigenvalue weighted by Crippen LogP contribution is -2.39. The lowest BCUT2D eigenvalue weighted by Gasteiger charge is -2.33. The summed E-state index contributed by atoms with van der Waals surface area (Å²) < 4.78 is 0. The van der Waals surface area contributed by atoms with Crippen molar-refractivity contribution in [2.45, 2.75) is 65.0 Å². The fourth-order valence-electron chi connectivity index (χ4n) is 2.25. The first-order valence-electron chi connectivity index (χ1n) is 7.58. The van der Waals surface area contributed by atoms with E-state index in [1.54, 1.807) is 0 Å². The van der Waals surface area contributed by atoms with Crippen LogP contribution in [0.1, 0.15) is 57.3 Å². The van der Waals surface area contributed by atoms with Gasteiger partial charge in [0.1, 0.15) is 17.5 Å². The third-order valence-corrected chi connectivity index (χ3v) is 3.68. The summed E-state index contributed by atoms with van der Waals surface area (Å²) in [7, 11) is 0. The minimum Gasteiger partial charge on any atom is -0.393 e. The zero-order valence-corrected chi connectivity index (χ0v) is 12.9. The average molecular weight is 278 g/mol. The minimum atomic E-state index is -0.156. The van der Waals surface area contributed by atoms with Gasteiger partial charge in [0.15, 0.2) is 0 Å². The molecule has 0 saturated heterocycles. The minimum absolute atomic E-state index is 0.156. The summed E-state index contributed by atoms with van der Waals surface area (Å²) in [6, 6.07) is 0.331. The van der Waals surface area contributed by atoms with Crippen molar-refractivity contribution in [3.8, 4) is 0 Å². The number of anilines is 2. The van der Waals surface area contributed by atoms with Gasteiger partial charge in [0.25, 0.3) is 0 Å². The van der Waals surface area contributed by atoms with Crippen LogP contribution in [0.25, 0.3) is 0 Å². The molecule has 1 aliphatic rings. The second-order valence-corrected chi connectivity index (χ2v) is 5.95. The van der Waals surface area contributed by atoms with Gasteiger partial charge in [0.05, 0.1) is 6.10 Å². The van der Waals surface area contributed by atoms with Crippen LogP contribution >= 0.6 is 0 Å². The molecule has 0 amide bonds. The van der Waals surface area contributed by atoms with Crippen molar-refractivity contribution < 1.29 is 5.11 Å². The van der Waals surface area contributed by atoms with Crippen molar-refractivity contribution in [3.63, 3.8) is 0 Å². The van der Waals surface area contributed by atoms with Crippen molar-refractivity contribution in [1.82, 2.24) is 9.97 Å². The maximum Gasteiger partial charge on any atom is 0.135 e. The molecule has 0 radical (unpaired) electrons. The van der Waals surface area contributed by atoms with E-state index in [9.17, 15) is 5.11 Å². The number of aliphatic hydroxyl groups excluding tert-OH is 1. The van der Waals surface area contributed by atoms with Crippen molar-refractivity contribution in [3.05, 3.63) is 11.4 Å². The highest BCUT2D eigenvalue weighted by Crippen LogP contribution is 2.28. The lowest BCUT2D eigenvalue weighted by atomic mass is 9.89. The summed E-state index contributed by atoms with van der Waals surface area (Å²) in [6.07, 6.45) is 2.52. The molecule has 20 heavy (non-hydrogen) atoms. The average Bonchev–Trinajstić information content (AvgIpc) is 2.37. The van der Waals surface area contributed by atoms with Gasteiger partial charge >= 0.3 is 0 Å². The van der Waals surface area contributed by atoms with E-state index in [4.69, 9.17) is 0 Å². The van der Waals surface area contributed by atoms with Gasteiger partial charge in [-0.1, -0.05) is 20.8 Å².